The summed E-state index contributed by atoms with van der Waals surface area (Å²) in [5.74, 6) is -0.00828. The molecule has 0 aliphatic rings. The van der Waals surface area contributed by atoms with Crippen LogP contribution in [0.25, 0.3) is 0 Å². The first kappa shape index (κ1) is 16.5. The summed E-state index contributed by atoms with van der Waals surface area (Å²) >= 11 is 0. The quantitative estimate of drug-likeness (QED) is 0.740. The molecule has 1 amide bonds. The third-order valence-corrected chi connectivity index (χ3v) is 3.21. The van der Waals surface area contributed by atoms with Gasteiger partial charge in [0.2, 0.25) is 5.91 Å². The number of nitrogens with one attached hydrogen (secondary N) is 1. The molecule has 0 fully saturated rings. The maximum atomic E-state index is 12.0. The lowest BCUT2D eigenvalue weighted by Crippen LogP contribution is -2.32. The third-order valence-electron chi connectivity index (χ3n) is 3.21. The van der Waals surface area contributed by atoms with E-state index in [4.69, 9.17) is 5.73 Å². The molecular weight excluding hydrogens is 252 g/mol. The standard InChI is InChI=1S/C15H26N4O/c1-12-13(16)7-5-8-14(12)17-15(20)11-19(4)10-6-9-18(2)3/h5,7-8H,6,9-11,16H2,1-4H3,(H,17,20). The summed E-state index contributed by atoms with van der Waals surface area (Å²) in [7, 11) is 6.06. The zero-order chi connectivity index (χ0) is 15.1. The maximum Gasteiger partial charge on any atom is 0.238 e. The van der Waals surface area contributed by atoms with Crippen LogP contribution in [0.1, 0.15) is 12.0 Å². The molecule has 0 aromatic heterocycles. The number of benzene rings is 1. The summed E-state index contributed by atoms with van der Waals surface area (Å²) < 4.78 is 0. The lowest BCUT2D eigenvalue weighted by molar-refractivity contribution is -0.117. The Bertz CT molecular complexity index is 445. The molecule has 0 bridgehead atoms. The molecule has 1 aromatic rings. The zero-order valence-corrected chi connectivity index (χ0v) is 12.9. The molecule has 0 saturated heterocycles. The lowest BCUT2D eigenvalue weighted by Gasteiger charge is -2.18. The molecule has 0 aliphatic heterocycles. The van der Waals surface area contributed by atoms with Gasteiger partial charge >= 0.3 is 0 Å². The summed E-state index contributed by atoms with van der Waals surface area (Å²) in [6.45, 7) is 4.23. The highest BCUT2D eigenvalue weighted by atomic mass is 16.2. The molecule has 1 aromatic carbocycles. The van der Waals surface area contributed by atoms with Crippen molar-refractivity contribution >= 4 is 17.3 Å². The van der Waals surface area contributed by atoms with Gasteiger partial charge in [0, 0.05) is 11.4 Å². The number of nitrogens with two attached hydrogens (primary N) is 1. The van der Waals surface area contributed by atoms with Crippen LogP contribution in [0, 0.1) is 6.92 Å². The van der Waals surface area contributed by atoms with Crippen molar-refractivity contribution in [3.8, 4) is 0 Å². The summed E-state index contributed by atoms with van der Waals surface area (Å²) in [4.78, 5) is 16.2. The van der Waals surface area contributed by atoms with E-state index >= 15 is 0 Å². The second-order valence-electron chi connectivity index (χ2n) is 5.46. The SMILES string of the molecule is Cc1c(N)cccc1NC(=O)CN(C)CCCN(C)C. The van der Waals surface area contributed by atoms with Gasteiger partial charge in [0.25, 0.3) is 0 Å². The Kier molecular flexibility index (Phi) is 6.48. The monoisotopic (exact) mass is 278 g/mol. The number of hydrogen-bond donors (Lipinski definition) is 2. The maximum absolute atomic E-state index is 12.0. The van der Waals surface area contributed by atoms with E-state index in [0.717, 1.165) is 30.8 Å². The Hall–Kier alpha value is -1.59. The van der Waals surface area contributed by atoms with E-state index in [1.165, 1.54) is 0 Å². The Morgan fingerprint density at radius 1 is 1.25 bits per heavy atom. The fourth-order valence-electron chi connectivity index (χ4n) is 1.96. The van der Waals surface area contributed by atoms with Gasteiger partial charge in [-0.3, -0.25) is 9.69 Å². The van der Waals surface area contributed by atoms with Crippen LogP contribution in [-0.4, -0.2) is 56.5 Å². The minimum absolute atomic E-state index is 0.00828. The normalized spacial score (nSPS) is 11.1. The van der Waals surface area contributed by atoms with E-state index in [1.54, 1.807) is 0 Å². The summed E-state index contributed by atoms with van der Waals surface area (Å²) in [6, 6.07) is 5.55. The molecule has 0 aliphatic carbocycles. The van der Waals surface area contributed by atoms with Gasteiger partial charge in [-0.2, -0.15) is 0 Å². The van der Waals surface area contributed by atoms with Gasteiger partial charge in [-0.05, 0) is 65.3 Å². The van der Waals surface area contributed by atoms with E-state index in [-0.39, 0.29) is 5.91 Å². The Balaban J connectivity index is 2.41. The molecule has 0 spiro atoms. The molecule has 3 N–H and O–H groups in total. The molecule has 5 heteroatoms. The van der Waals surface area contributed by atoms with Crippen molar-refractivity contribution in [1.82, 2.24) is 9.80 Å². The number of nitrogens with zero attached hydrogens (tertiary/aromatic N) is 2. The van der Waals surface area contributed by atoms with Crippen molar-refractivity contribution in [1.29, 1.82) is 0 Å². The fourth-order valence-corrected chi connectivity index (χ4v) is 1.96. The van der Waals surface area contributed by atoms with E-state index in [2.05, 4.69) is 24.3 Å². The molecule has 0 saturated carbocycles. The van der Waals surface area contributed by atoms with Crippen molar-refractivity contribution in [3.63, 3.8) is 0 Å². The molecule has 0 atom stereocenters. The van der Waals surface area contributed by atoms with Crippen LogP contribution in [0.2, 0.25) is 0 Å². The fraction of sp³-hybridized carbons (Fsp3) is 0.533. The van der Waals surface area contributed by atoms with Crippen molar-refractivity contribution < 1.29 is 4.79 Å². The predicted octanol–water partition coefficient (Wildman–Crippen LogP) is 1.40. The predicted molar refractivity (Wildman–Crippen MR) is 84.9 cm³/mol. The minimum atomic E-state index is -0.00828. The van der Waals surface area contributed by atoms with Crippen molar-refractivity contribution in [2.24, 2.45) is 0 Å². The molecule has 112 valence electrons. The Morgan fingerprint density at radius 2 is 1.95 bits per heavy atom. The van der Waals surface area contributed by atoms with Crippen LogP contribution in [0.3, 0.4) is 0 Å². The van der Waals surface area contributed by atoms with Crippen LogP contribution in [-0.2, 0) is 4.79 Å². The van der Waals surface area contributed by atoms with Crippen molar-refractivity contribution in [2.45, 2.75) is 13.3 Å². The smallest absolute Gasteiger partial charge is 0.238 e. The Labute approximate surface area is 121 Å². The van der Waals surface area contributed by atoms with Crippen molar-refractivity contribution in [3.05, 3.63) is 23.8 Å². The molecule has 0 unspecified atom stereocenters. The second-order valence-corrected chi connectivity index (χ2v) is 5.46. The third kappa shape index (κ3) is 5.59. The average Bonchev–Trinajstić information content (AvgIpc) is 2.34. The summed E-state index contributed by atoms with van der Waals surface area (Å²) in [5, 5.41) is 2.91. The number of nitrogen functional groups attached to an aromatic ring is 1. The summed E-state index contributed by atoms with van der Waals surface area (Å²) in [5.41, 5.74) is 8.22. The number of carbonyl (C=O) groups excluding carboxylic acids is 1. The highest BCUT2D eigenvalue weighted by Gasteiger charge is 2.09. The first-order valence-corrected chi connectivity index (χ1v) is 6.88. The number of likely N-dealkylation sites (N-methyl/N-ethyl adjacent to an activating group) is 1. The number of carbonyl (C=O) groups is 1. The molecule has 20 heavy (non-hydrogen) atoms. The van der Waals surface area contributed by atoms with Gasteiger partial charge in [-0.1, -0.05) is 6.07 Å². The van der Waals surface area contributed by atoms with Gasteiger partial charge in [-0.15, -0.1) is 0 Å². The van der Waals surface area contributed by atoms with Crippen LogP contribution in [0.5, 0.6) is 0 Å². The van der Waals surface area contributed by atoms with Gasteiger partial charge < -0.3 is 16.0 Å². The van der Waals surface area contributed by atoms with Gasteiger partial charge in [0.05, 0.1) is 6.54 Å². The number of rotatable bonds is 7. The molecule has 1 rings (SSSR count). The van der Waals surface area contributed by atoms with E-state index < -0.39 is 0 Å². The minimum Gasteiger partial charge on any atom is -0.398 e. The first-order chi connectivity index (χ1) is 9.40. The van der Waals surface area contributed by atoms with Crippen LogP contribution >= 0.6 is 0 Å². The number of anilines is 2. The molecule has 0 heterocycles. The van der Waals surface area contributed by atoms with Crippen LogP contribution < -0.4 is 11.1 Å². The molecule has 5 nitrogen and oxygen atoms in total. The number of amides is 1. The molecular formula is C15H26N4O. The van der Waals surface area contributed by atoms with Crippen LogP contribution in [0.15, 0.2) is 18.2 Å². The summed E-state index contributed by atoms with van der Waals surface area (Å²) in [6.07, 6.45) is 1.05. The van der Waals surface area contributed by atoms with E-state index in [9.17, 15) is 4.79 Å². The van der Waals surface area contributed by atoms with Crippen LogP contribution in [0.4, 0.5) is 11.4 Å². The van der Waals surface area contributed by atoms with E-state index in [0.29, 0.717) is 12.2 Å². The molecule has 0 radical (unpaired) electrons. The number of hydrogen-bond acceptors (Lipinski definition) is 4. The van der Waals surface area contributed by atoms with Gasteiger partial charge in [0.15, 0.2) is 0 Å². The average molecular weight is 278 g/mol. The largest absolute Gasteiger partial charge is 0.398 e. The second kappa shape index (κ2) is 7.87. The Morgan fingerprint density at radius 3 is 2.60 bits per heavy atom. The van der Waals surface area contributed by atoms with E-state index in [1.807, 2.05) is 37.1 Å². The van der Waals surface area contributed by atoms with Gasteiger partial charge in [-0.25, -0.2) is 0 Å². The lowest BCUT2D eigenvalue weighted by atomic mass is 10.1. The highest BCUT2D eigenvalue weighted by Crippen LogP contribution is 2.20. The highest BCUT2D eigenvalue weighted by molar-refractivity contribution is 5.93. The first-order valence-electron chi connectivity index (χ1n) is 6.88. The zero-order valence-electron chi connectivity index (χ0n) is 12.9. The van der Waals surface area contributed by atoms with Crippen molar-refractivity contribution in [2.75, 3.05) is 51.8 Å². The van der Waals surface area contributed by atoms with Gasteiger partial charge in [0.1, 0.15) is 0 Å². The topological polar surface area (TPSA) is 61.6 Å².